The lowest BCUT2D eigenvalue weighted by molar-refractivity contribution is 0.0474. The van der Waals surface area contributed by atoms with E-state index in [1.165, 1.54) is 24.3 Å². The van der Waals surface area contributed by atoms with Crippen LogP contribution < -0.4 is 4.72 Å². The normalized spacial score (nSPS) is 12.1. The zero-order chi connectivity index (χ0) is 22.0. The molecule has 0 aliphatic carbocycles. The second kappa shape index (κ2) is 8.51. The summed E-state index contributed by atoms with van der Waals surface area (Å²) in [5.41, 5.74) is 1.71. The van der Waals surface area contributed by atoms with Gasteiger partial charge in [0.15, 0.2) is 6.61 Å². The fourth-order valence-corrected chi connectivity index (χ4v) is 4.58. The maximum Gasteiger partial charge on any atom is 0.338 e. The van der Waals surface area contributed by atoms with Crippen LogP contribution in [-0.2, 0) is 21.3 Å². The van der Waals surface area contributed by atoms with E-state index in [0.717, 1.165) is 17.9 Å². The van der Waals surface area contributed by atoms with Crippen molar-refractivity contribution in [3.8, 4) is 0 Å². The Balaban J connectivity index is 2.13. The minimum Gasteiger partial charge on any atom is -0.454 e. The van der Waals surface area contributed by atoms with Crippen LogP contribution in [0.4, 0.5) is 0 Å². The summed E-state index contributed by atoms with van der Waals surface area (Å²) in [7, 11) is -3.79. The first-order chi connectivity index (χ1) is 13.4. The second-order valence-corrected chi connectivity index (χ2v) is 9.59. The molecule has 2 rings (SSSR count). The van der Waals surface area contributed by atoms with Crippen molar-refractivity contribution >= 4 is 21.8 Å². The molecule has 0 atom stereocenters. The van der Waals surface area contributed by atoms with Gasteiger partial charge in [-0.25, -0.2) is 17.9 Å². The van der Waals surface area contributed by atoms with E-state index in [4.69, 9.17) is 4.74 Å². The Hall–Kier alpha value is -2.45. The predicted octanol–water partition coefficient (Wildman–Crippen LogP) is 3.24. The summed E-state index contributed by atoms with van der Waals surface area (Å²) in [6, 6.07) is 7.33. The molecule has 1 heterocycles. The average Bonchev–Trinajstić information content (AvgIpc) is 2.91. The summed E-state index contributed by atoms with van der Waals surface area (Å²) < 4.78 is 34.6. The Morgan fingerprint density at radius 2 is 1.79 bits per heavy atom. The lowest BCUT2D eigenvalue weighted by Gasteiger charge is -2.20. The van der Waals surface area contributed by atoms with Crippen molar-refractivity contribution in [2.75, 3.05) is 6.61 Å². The van der Waals surface area contributed by atoms with E-state index < -0.39 is 28.1 Å². The molecule has 7 nitrogen and oxygen atoms in total. The molecular weight excluding hydrogens is 392 g/mol. The molecule has 2 aromatic rings. The predicted molar refractivity (Wildman–Crippen MR) is 111 cm³/mol. The number of sulfonamides is 1. The van der Waals surface area contributed by atoms with Crippen LogP contribution in [0.3, 0.4) is 0 Å². The molecule has 0 aliphatic rings. The number of ether oxygens (including phenoxy) is 1. The van der Waals surface area contributed by atoms with Crippen LogP contribution in [0, 0.1) is 13.8 Å². The maximum absolute atomic E-state index is 12.5. The van der Waals surface area contributed by atoms with Crippen LogP contribution in [0.25, 0.3) is 0 Å². The molecule has 0 fully saturated rings. The molecule has 1 aromatic heterocycles. The second-order valence-electron chi connectivity index (χ2n) is 7.91. The van der Waals surface area contributed by atoms with E-state index in [1.54, 1.807) is 26.8 Å². The van der Waals surface area contributed by atoms with Gasteiger partial charge in [-0.1, -0.05) is 6.07 Å². The van der Waals surface area contributed by atoms with Gasteiger partial charge in [0.2, 0.25) is 15.8 Å². The van der Waals surface area contributed by atoms with Gasteiger partial charge in [0, 0.05) is 29.0 Å². The van der Waals surface area contributed by atoms with Gasteiger partial charge >= 0.3 is 5.97 Å². The number of benzene rings is 1. The highest BCUT2D eigenvalue weighted by Gasteiger charge is 2.23. The molecule has 0 bridgehead atoms. The number of hydrogen-bond acceptors (Lipinski definition) is 5. The number of hydrogen-bond donors (Lipinski definition) is 1. The highest BCUT2D eigenvalue weighted by molar-refractivity contribution is 7.89. The van der Waals surface area contributed by atoms with Crippen LogP contribution in [-0.4, -0.2) is 36.9 Å². The van der Waals surface area contributed by atoms with Gasteiger partial charge in [0.25, 0.3) is 0 Å². The van der Waals surface area contributed by atoms with E-state index in [9.17, 15) is 18.0 Å². The van der Waals surface area contributed by atoms with E-state index in [-0.39, 0.29) is 16.2 Å². The number of ketones is 1. The number of carbonyl (C=O) groups is 2. The molecule has 0 aliphatic heterocycles. The molecule has 0 spiro atoms. The molecule has 0 amide bonds. The van der Waals surface area contributed by atoms with Crippen LogP contribution in [0.15, 0.2) is 35.2 Å². The summed E-state index contributed by atoms with van der Waals surface area (Å²) in [4.78, 5) is 24.8. The van der Waals surface area contributed by atoms with Crippen molar-refractivity contribution in [1.82, 2.24) is 9.29 Å². The van der Waals surface area contributed by atoms with Crippen LogP contribution in [0.1, 0.15) is 59.8 Å². The van der Waals surface area contributed by atoms with Crippen molar-refractivity contribution in [1.29, 1.82) is 0 Å². The fourth-order valence-electron chi connectivity index (χ4n) is 3.11. The minimum atomic E-state index is -3.79. The first kappa shape index (κ1) is 22.8. The third kappa shape index (κ3) is 5.55. The van der Waals surface area contributed by atoms with Gasteiger partial charge in [-0.3, -0.25) is 4.79 Å². The van der Waals surface area contributed by atoms with Crippen LogP contribution in [0.5, 0.6) is 0 Å². The Labute approximate surface area is 172 Å². The fraction of sp³-hybridized carbons (Fsp3) is 0.429. The van der Waals surface area contributed by atoms with Crippen molar-refractivity contribution in [3.05, 3.63) is 52.8 Å². The lowest BCUT2D eigenvalue weighted by Crippen LogP contribution is -2.40. The number of esters is 1. The molecule has 1 aromatic carbocycles. The first-order valence-electron chi connectivity index (χ1n) is 9.37. The van der Waals surface area contributed by atoms with E-state index in [0.29, 0.717) is 5.56 Å². The molecule has 0 saturated heterocycles. The van der Waals surface area contributed by atoms with Crippen molar-refractivity contribution in [3.63, 3.8) is 0 Å². The van der Waals surface area contributed by atoms with Gasteiger partial charge in [-0.05, 0) is 65.8 Å². The number of rotatable bonds is 7. The smallest absolute Gasteiger partial charge is 0.338 e. The Bertz CT molecular complexity index is 1030. The SMILES string of the molecule is CCn1c(C)cc(C(=O)COC(=O)c2cccc(S(=O)(=O)NC(C)(C)C)c2)c1C. The number of nitrogens with zero attached hydrogens (tertiary/aromatic N) is 1. The summed E-state index contributed by atoms with van der Waals surface area (Å²) in [5, 5.41) is 0. The highest BCUT2D eigenvalue weighted by Crippen LogP contribution is 2.17. The van der Waals surface area contributed by atoms with Gasteiger partial charge in [-0.2, -0.15) is 0 Å². The Morgan fingerprint density at radius 1 is 1.14 bits per heavy atom. The van der Waals surface area contributed by atoms with E-state index in [1.807, 2.05) is 25.3 Å². The summed E-state index contributed by atoms with van der Waals surface area (Å²) in [6.07, 6.45) is 0. The summed E-state index contributed by atoms with van der Waals surface area (Å²) in [5.74, 6) is -1.06. The molecule has 0 saturated carbocycles. The Kier molecular flexibility index (Phi) is 6.70. The molecule has 29 heavy (non-hydrogen) atoms. The topological polar surface area (TPSA) is 94.5 Å². The molecule has 0 unspecified atom stereocenters. The monoisotopic (exact) mass is 420 g/mol. The minimum absolute atomic E-state index is 0.0420. The first-order valence-corrected chi connectivity index (χ1v) is 10.8. The number of nitrogens with one attached hydrogen (secondary N) is 1. The summed E-state index contributed by atoms with van der Waals surface area (Å²) >= 11 is 0. The zero-order valence-electron chi connectivity index (χ0n) is 17.7. The van der Waals surface area contributed by atoms with Gasteiger partial charge in [0.1, 0.15) is 0 Å². The molecular formula is C21H28N2O5S. The number of aromatic nitrogens is 1. The Morgan fingerprint density at radius 3 is 2.34 bits per heavy atom. The molecule has 158 valence electrons. The largest absolute Gasteiger partial charge is 0.454 e. The van der Waals surface area contributed by atoms with E-state index >= 15 is 0 Å². The average molecular weight is 421 g/mol. The maximum atomic E-state index is 12.5. The lowest BCUT2D eigenvalue weighted by atomic mass is 10.1. The van der Waals surface area contributed by atoms with E-state index in [2.05, 4.69) is 4.72 Å². The van der Waals surface area contributed by atoms with Crippen molar-refractivity contribution in [2.24, 2.45) is 0 Å². The zero-order valence-corrected chi connectivity index (χ0v) is 18.5. The van der Waals surface area contributed by atoms with Crippen LogP contribution >= 0.6 is 0 Å². The standard InChI is InChI=1S/C21H28N2O5S/c1-7-23-14(2)11-18(15(23)3)19(24)13-28-20(25)16-9-8-10-17(12-16)29(26,27)22-21(4,5)6/h8-12,22H,7,13H2,1-6H3. The quantitative estimate of drug-likeness (QED) is 0.548. The third-order valence-corrected chi connectivity index (χ3v) is 6.10. The highest BCUT2D eigenvalue weighted by atomic mass is 32.2. The van der Waals surface area contributed by atoms with Crippen LogP contribution in [0.2, 0.25) is 0 Å². The number of carbonyl (C=O) groups excluding carboxylic acids is 2. The van der Waals surface area contributed by atoms with Gasteiger partial charge in [-0.15, -0.1) is 0 Å². The summed E-state index contributed by atoms with van der Waals surface area (Å²) in [6.45, 7) is 11.3. The third-order valence-electron chi connectivity index (χ3n) is 4.35. The van der Waals surface area contributed by atoms with Gasteiger partial charge in [0.05, 0.1) is 10.5 Å². The molecule has 0 radical (unpaired) electrons. The van der Waals surface area contributed by atoms with Gasteiger partial charge < -0.3 is 9.30 Å². The molecule has 1 N–H and O–H groups in total. The van der Waals surface area contributed by atoms with Crippen molar-refractivity contribution < 1.29 is 22.7 Å². The number of aryl methyl sites for hydroxylation is 1. The molecule has 8 heteroatoms. The van der Waals surface area contributed by atoms with Crippen molar-refractivity contribution in [2.45, 2.75) is 58.5 Å². The number of Topliss-reactive ketones (excluding diaryl/α,β-unsaturated/α-hetero) is 1.